The van der Waals surface area contributed by atoms with Crippen LogP contribution in [0.15, 0.2) is 66.0 Å². The molecule has 0 amide bonds. The number of benzene rings is 2. The maximum atomic E-state index is 6.21. The molecule has 4 rings (SSSR count). The van der Waals surface area contributed by atoms with Crippen LogP contribution in [0.2, 0.25) is 5.15 Å². The normalized spacial score (nSPS) is 11.4. The molecule has 0 unspecified atom stereocenters. The second-order valence-corrected chi connectivity index (χ2v) is 6.38. The van der Waals surface area contributed by atoms with Crippen LogP contribution < -0.4 is 5.32 Å². The number of rotatable bonds is 4. The molecule has 0 bridgehead atoms. The molecule has 0 atom stereocenters. The largest absolute Gasteiger partial charge is 0.331 e. The van der Waals surface area contributed by atoms with E-state index < -0.39 is 0 Å². The van der Waals surface area contributed by atoms with Crippen molar-refractivity contribution in [1.29, 1.82) is 0 Å². The van der Waals surface area contributed by atoms with E-state index in [9.17, 15) is 0 Å². The number of aromatic nitrogens is 3. The van der Waals surface area contributed by atoms with Gasteiger partial charge in [0.25, 0.3) is 0 Å². The average molecular weight is 354 g/mol. The fourth-order valence-electron chi connectivity index (χ4n) is 2.24. The minimum atomic E-state index is 0.423. The predicted molar refractivity (Wildman–Crippen MR) is 99.6 cm³/mol. The van der Waals surface area contributed by atoms with Gasteiger partial charge in [-0.25, -0.2) is 14.6 Å². The Morgan fingerprint density at radius 2 is 1.88 bits per heavy atom. The van der Waals surface area contributed by atoms with E-state index in [1.807, 2.05) is 54.6 Å². The van der Waals surface area contributed by atoms with E-state index >= 15 is 0 Å². The zero-order valence-electron chi connectivity index (χ0n) is 12.4. The minimum Gasteiger partial charge on any atom is -0.331 e. The third kappa shape index (κ3) is 3.02. The highest BCUT2D eigenvalue weighted by Crippen LogP contribution is 2.28. The number of thiazole rings is 1. The molecule has 2 aromatic carbocycles. The minimum absolute atomic E-state index is 0.423. The number of hydrogen-bond donors (Lipinski definition) is 1. The van der Waals surface area contributed by atoms with Crippen molar-refractivity contribution in [3.8, 4) is 0 Å². The second kappa shape index (κ2) is 6.43. The molecule has 4 aromatic rings. The van der Waals surface area contributed by atoms with Gasteiger partial charge in [0.15, 0.2) is 10.3 Å². The summed E-state index contributed by atoms with van der Waals surface area (Å²) in [6.45, 7) is 0. The summed E-state index contributed by atoms with van der Waals surface area (Å²) in [5.74, 6) is 0. The summed E-state index contributed by atoms with van der Waals surface area (Å²) < 4.78 is 1.72. The van der Waals surface area contributed by atoms with E-state index in [-0.39, 0.29) is 0 Å². The monoisotopic (exact) mass is 353 g/mol. The molecule has 0 radical (unpaired) electrons. The van der Waals surface area contributed by atoms with Crippen LogP contribution in [0.1, 0.15) is 4.88 Å². The van der Waals surface area contributed by atoms with Gasteiger partial charge in [-0.2, -0.15) is 5.10 Å². The molecule has 0 aliphatic rings. The Balaban J connectivity index is 1.58. The Hall–Kier alpha value is -2.70. The fourth-order valence-corrected chi connectivity index (χ4v) is 3.29. The van der Waals surface area contributed by atoms with Gasteiger partial charge in [0.1, 0.15) is 6.33 Å². The molecule has 0 aliphatic carbocycles. The maximum Gasteiger partial charge on any atom is 0.189 e. The number of nitrogens with zero attached hydrogens (tertiary/aromatic N) is 4. The molecule has 0 fully saturated rings. The SMILES string of the molecule is Clc1nc(Nc2ccccc2)sc1/C=N/n1cnc2ccccc21. The van der Waals surface area contributed by atoms with E-state index in [1.165, 1.54) is 11.3 Å². The van der Waals surface area contributed by atoms with Crippen LogP contribution >= 0.6 is 22.9 Å². The fraction of sp³-hybridized carbons (Fsp3) is 0. The molecule has 0 saturated carbocycles. The zero-order chi connectivity index (χ0) is 16.4. The highest BCUT2D eigenvalue weighted by atomic mass is 35.5. The van der Waals surface area contributed by atoms with Crippen LogP contribution in [-0.2, 0) is 0 Å². The lowest BCUT2D eigenvalue weighted by molar-refractivity contribution is 0.915. The number of nitrogens with one attached hydrogen (secondary N) is 1. The van der Waals surface area contributed by atoms with Gasteiger partial charge >= 0.3 is 0 Å². The molecule has 7 heteroatoms. The van der Waals surface area contributed by atoms with Crippen LogP contribution in [0, 0.1) is 0 Å². The van der Waals surface area contributed by atoms with E-state index in [2.05, 4.69) is 20.4 Å². The highest BCUT2D eigenvalue weighted by Gasteiger charge is 2.08. The number of fused-ring (bicyclic) bond motifs is 1. The Labute approximate surface area is 147 Å². The molecular weight excluding hydrogens is 342 g/mol. The third-order valence-electron chi connectivity index (χ3n) is 3.37. The summed E-state index contributed by atoms with van der Waals surface area (Å²) in [7, 11) is 0. The first-order valence-electron chi connectivity index (χ1n) is 7.24. The van der Waals surface area contributed by atoms with Gasteiger partial charge in [0.05, 0.1) is 22.1 Å². The lowest BCUT2D eigenvalue weighted by Gasteiger charge is -1.99. The summed E-state index contributed by atoms with van der Waals surface area (Å²) in [5, 5.41) is 8.81. The number of anilines is 2. The van der Waals surface area contributed by atoms with Crippen molar-refractivity contribution in [2.24, 2.45) is 5.10 Å². The van der Waals surface area contributed by atoms with Crippen molar-refractivity contribution in [1.82, 2.24) is 14.6 Å². The van der Waals surface area contributed by atoms with Gasteiger partial charge in [0.2, 0.25) is 0 Å². The van der Waals surface area contributed by atoms with E-state index in [0.29, 0.717) is 5.15 Å². The summed E-state index contributed by atoms with van der Waals surface area (Å²) in [6, 6.07) is 17.7. The van der Waals surface area contributed by atoms with Crippen molar-refractivity contribution >= 4 is 51.0 Å². The summed E-state index contributed by atoms with van der Waals surface area (Å²) in [4.78, 5) is 9.42. The molecule has 5 nitrogen and oxygen atoms in total. The van der Waals surface area contributed by atoms with Gasteiger partial charge in [-0.1, -0.05) is 53.3 Å². The van der Waals surface area contributed by atoms with Gasteiger partial charge in [-0.15, -0.1) is 0 Å². The Bertz CT molecular complexity index is 1010. The van der Waals surface area contributed by atoms with Gasteiger partial charge < -0.3 is 5.32 Å². The Morgan fingerprint density at radius 1 is 1.08 bits per heavy atom. The first-order chi connectivity index (χ1) is 11.8. The number of halogens is 1. The molecule has 0 aliphatic heterocycles. The van der Waals surface area contributed by atoms with E-state index in [4.69, 9.17) is 11.6 Å². The lowest BCUT2D eigenvalue weighted by atomic mass is 10.3. The van der Waals surface area contributed by atoms with Gasteiger partial charge in [-0.3, -0.25) is 0 Å². The van der Waals surface area contributed by atoms with Crippen LogP contribution in [0.4, 0.5) is 10.8 Å². The van der Waals surface area contributed by atoms with Crippen LogP contribution in [0.25, 0.3) is 11.0 Å². The summed E-state index contributed by atoms with van der Waals surface area (Å²) >= 11 is 7.66. The van der Waals surface area contributed by atoms with Crippen LogP contribution in [0.3, 0.4) is 0 Å². The molecule has 2 aromatic heterocycles. The second-order valence-electron chi connectivity index (χ2n) is 4.99. The van der Waals surface area contributed by atoms with Crippen LogP contribution in [0.5, 0.6) is 0 Å². The lowest BCUT2D eigenvalue weighted by Crippen LogP contribution is -1.87. The maximum absolute atomic E-state index is 6.21. The van der Waals surface area contributed by atoms with Gasteiger partial charge in [-0.05, 0) is 24.3 Å². The smallest absolute Gasteiger partial charge is 0.189 e. The molecule has 0 spiro atoms. The van der Waals surface area contributed by atoms with Crippen molar-refractivity contribution < 1.29 is 0 Å². The molecule has 118 valence electrons. The first kappa shape index (κ1) is 14.9. The molecular formula is C17H12ClN5S. The molecule has 2 heterocycles. The number of para-hydroxylation sites is 3. The van der Waals surface area contributed by atoms with Crippen molar-refractivity contribution in [3.05, 3.63) is 71.0 Å². The quantitative estimate of drug-likeness (QED) is 0.537. The topological polar surface area (TPSA) is 55.1 Å². The van der Waals surface area contributed by atoms with Crippen molar-refractivity contribution in [2.45, 2.75) is 0 Å². The summed E-state index contributed by atoms with van der Waals surface area (Å²) in [6.07, 6.45) is 3.38. The highest BCUT2D eigenvalue weighted by molar-refractivity contribution is 7.17. The molecule has 24 heavy (non-hydrogen) atoms. The standard InChI is InChI=1S/C17H12ClN5S/c18-16-15(24-17(22-16)21-12-6-2-1-3-7-12)10-20-23-11-19-13-8-4-5-9-14(13)23/h1-11H,(H,21,22)/b20-10+. The predicted octanol–water partition coefficient (Wildman–Crippen LogP) is 4.77. The third-order valence-corrected chi connectivity index (χ3v) is 4.67. The zero-order valence-corrected chi connectivity index (χ0v) is 14.0. The molecule has 1 N–H and O–H groups in total. The number of hydrogen-bond acceptors (Lipinski definition) is 5. The van der Waals surface area contributed by atoms with Crippen molar-refractivity contribution in [3.63, 3.8) is 0 Å². The average Bonchev–Trinajstić information content (AvgIpc) is 3.17. The summed E-state index contributed by atoms with van der Waals surface area (Å²) in [5.41, 5.74) is 2.81. The number of imidazole rings is 1. The Kier molecular flexibility index (Phi) is 3.98. The van der Waals surface area contributed by atoms with Crippen LogP contribution in [-0.4, -0.2) is 20.9 Å². The van der Waals surface area contributed by atoms with E-state index in [0.717, 1.165) is 26.7 Å². The van der Waals surface area contributed by atoms with Gasteiger partial charge in [0, 0.05) is 5.69 Å². The molecule has 0 saturated heterocycles. The van der Waals surface area contributed by atoms with E-state index in [1.54, 1.807) is 17.2 Å². The first-order valence-corrected chi connectivity index (χ1v) is 8.44. The Morgan fingerprint density at radius 3 is 2.75 bits per heavy atom. The van der Waals surface area contributed by atoms with Crippen molar-refractivity contribution in [2.75, 3.05) is 5.32 Å².